The lowest BCUT2D eigenvalue weighted by Gasteiger charge is -2.10. The van der Waals surface area contributed by atoms with Crippen LogP contribution >= 0.6 is 0 Å². The monoisotopic (exact) mass is 589 g/mol. The summed E-state index contributed by atoms with van der Waals surface area (Å²) in [5.74, 6) is 0.128. The predicted molar refractivity (Wildman–Crippen MR) is 165 cm³/mol. The predicted octanol–water partition coefficient (Wildman–Crippen LogP) is 8.11. The normalized spacial score (nSPS) is 10.6. The third kappa shape index (κ3) is 10.9. The molecule has 3 aromatic rings. The maximum Gasteiger partial charge on any atom is 0.343 e. The number of carbonyl (C=O) groups is 2. The Morgan fingerprint density at radius 1 is 0.767 bits per heavy atom. The molecule has 0 saturated heterocycles. The molecule has 0 aliphatic carbocycles. The third-order valence-electron chi connectivity index (χ3n) is 6.54. The fraction of sp³-hybridized carbons (Fsp3) is 0.353. The van der Waals surface area contributed by atoms with Crippen molar-refractivity contribution in [1.82, 2.24) is 0 Å². The largest absolute Gasteiger partial charge is 0.494 e. The van der Waals surface area contributed by atoms with Gasteiger partial charge in [-0.1, -0.05) is 44.5 Å². The first-order valence-electron chi connectivity index (χ1n) is 14.6. The van der Waals surface area contributed by atoms with Gasteiger partial charge in [-0.05, 0) is 92.6 Å². The van der Waals surface area contributed by atoms with Gasteiger partial charge < -0.3 is 18.9 Å². The Kier molecular flexibility index (Phi) is 13.2. The van der Waals surface area contributed by atoms with E-state index in [2.05, 4.69) is 13.5 Å². The topological polar surface area (TPSA) is 114 Å². The van der Waals surface area contributed by atoms with E-state index in [0.717, 1.165) is 56.3 Å². The number of carbonyl (C=O) groups excluding carboxylic acids is 2. The molecule has 0 aromatic heterocycles. The molecular formula is C34H39NO8. The molecule has 3 rings (SSSR count). The minimum Gasteiger partial charge on any atom is -0.494 e. The van der Waals surface area contributed by atoms with E-state index in [0.29, 0.717) is 36.7 Å². The van der Waals surface area contributed by atoms with Crippen molar-refractivity contribution in [3.63, 3.8) is 0 Å². The molecule has 0 unspecified atom stereocenters. The van der Waals surface area contributed by atoms with Crippen LogP contribution in [0.25, 0.3) is 11.1 Å². The maximum absolute atomic E-state index is 12.7. The van der Waals surface area contributed by atoms with Gasteiger partial charge in [0.15, 0.2) is 0 Å². The van der Waals surface area contributed by atoms with Gasteiger partial charge in [-0.25, -0.2) is 9.59 Å². The molecule has 43 heavy (non-hydrogen) atoms. The van der Waals surface area contributed by atoms with E-state index in [4.69, 9.17) is 18.9 Å². The number of nitro benzene ring substituents is 1. The van der Waals surface area contributed by atoms with Crippen LogP contribution in [0, 0.1) is 10.1 Å². The average molecular weight is 590 g/mol. The second-order valence-electron chi connectivity index (χ2n) is 10.1. The Hall–Kier alpha value is -4.66. The highest BCUT2D eigenvalue weighted by molar-refractivity contribution is 5.92. The van der Waals surface area contributed by atoms with Gasteiger partial charge in [0.2, 0.25) is 5.75 Å². The average Bonchev–Trinajstić information content (AvgIpc) is 3.01. The number of unbranched alkanes of at least 4 members (excludes halogenated alkanes) is 5. The second-order valence-corrected chi connectivity index (χ2v) is 10.1. The summed E-state index contributed by atoms with van der Waals surface area (Å²) in [6, 6.07) is 18.3. The second kappa shape index (κ2) is 17.3. The molecule has 0 bridgehead atoms. The fourth-order valence-corrected chi connectivity index (χ4v) is 4.09. The molecule has 0 amide bonds. The van der Waals surface area contributed by atoms with Crippen molar-refractivity contribution >= 4 is 17.6 Å². The SMILES string of the molecule is C=C(C)C(=O)OCCCCCCOc1ccc(C(=O)Oc2ccc(-c3ccc(OCCCCC)cc3)cc2[N+](=O)[O-])cc1. The fourth-order valence-electron chi connectivity index (χ4n) is 4.09. The molecule has 0 spiro atoms. The smallest absolute Gasteiger partial charge is 0.343 e. The number of rotatable bonds is 18. The van der Waals surface area contributed by atoms with E-state index in [9.17, 15) is 19.7 Å². The molecule has 0 atom stereocenters. The highest BCUT2D eigenvalue weighted by Gasteiger charge is 2.20. The summed E-state index contributed by atoms with van der Waals surface area (Å²) >= 11 is 0. The molecule has 0 N–H and O–H groups in total. The summed E-state index contributed by atoms with van der Waals surface area (Å²) in [6.07, 6.45) is 6.65. The van der Waals surface area contributed by atoms with E-state index in [-0.39, 0.29) is 23.0 Å². The van der Waals surface area contributed by atoms with Crippen molar-refractivity contribution in [3.05, 3.63) is 94.6 Å². The van der Waals surface area contributed by atoms with Gasteiger partial charge >= 0.3 is 17.6 Å². The van der Waals surface area contributed by atoms with Crippen LogP contribution in [-0.2, 0) is 9.53 Å². The molecule has 3 aromatic carbocycles. The molecule has 0 fully saturated rings. The van der Waals surface area contributed by atoms with E-state index >= 15 is 0 Å². The first kappa shape index (κ1) is 32.8. The summed E-state index contributed by atoms with van der Waals surface area (Å²) in [5, 5.41) is 11.8. The number of nitrogens with zero attached hydrogens (tertiary/aromatic N) is 1. The van der Waals surface area contributed by atoms with Gasteiger partial charge in [0.05, 0.1) is 30.3 Å². The van der Waals surface area contributed by atoms with Crippen LogP contribution in [-0.4, -0.2) is 36.7 Å². The zero-order valence-electron chi connectivity index (χ0n) is 24.8. The number of ether oxygens (including phenoxy) is 4. The van der Waals surface area contributed by atoms with Crippen LogP contribution in [0.2, 0.25) is 0 Å². The Morgan fingerprint density at radius 3 is 1.91 bits per heavy atom. The Labute approximate surface area is 252 Å². The van der Waals surface area contributed by atoms with Gasteiger partial charge in [0.25, 0.3) is 0 Å². The third-order valence-corrected chi connectivity index (χ3v) is 6.54. The van der Waals surface area contributed by atoms with E-state index in [1.807, 2.05) is 24.3 Å². The number of benzene rings is 3. The molecular weight excluding hydrogens is 550 g/mol. The van der Waals surface area contributed by atoms with Gasteiger partial charge in [-0.2, -0.15) is 0 Å². The molecule has 0 saturated carbocycles. The number of nitro groups is 1. The van der Waals surface area contributed by atoms with Crippen LogP contribution in [0.15, 0.2) is 78.9 Å². The summed E-state index contributed by atoms with van der Waals surface area (Å²) in [5.41, 5.74) is 1.73. The van der Waals surface area contributed by atoms with Gasteiger partial charge in [0.1, 0.15) is 11.5 Å². The Morgan fingerprint density at radius 2 is 1.33 bits per heavy atom. The molecule has 0 radical (unpaired) electrons. The van der Waals surface area contributed by atoms with Crippen LogP contribution in [0.1, 0.15) is 69.2 Å². The minimum absolute atomic E-state index is 0.135. The quantitative estimate of drug-likeness (QED) is 0.0365. The maximum atomic E-state index is 12.7. The number of hydrogen-bond acceptors (Lipinski definition) is 8. The lowest BCUT2D eigenvalue weighted by Crippen LogP contribution is -2.10. The van der Waals surface area contributed by atoms with E-state index < -0.39 is 10.9 Å². The van der Waals surface area contributed by atoms with Gasteiger partial charge in [-0.15, -0.1) is 0 Å². The van der Waals surface area contributed by atoms with E-state index in [1.54, 1.807) is 37.3 Å². The standard InChI is InChI=1S/C34H39NO8/c1-4-5-8-21-40-29-16-11-26(12-17-29)28-15-20-32(31(24-28)35(38)39)43-34(37)27-13-18-30(19-14-27)41-22-9-6-7-10-23-42-33(36)25(2)3/h11-20,24H,2,4-10,21-23H2,1,3H3. The molecule has 9 nitrogen and oxygen atoms in total. The molecule has 0 aliphatic heterocycles. The van der Waals surface area contributed by atoms with Crippen molar-refractivity contribution in [2.45, 2.75) is 58.8 Å². The number of hydrogen-bond donors (Lipinski definition) is 0. The molecule has 228 valence electrons. The van der Waals surface area contributed by atoms with Crippen LogP contribution in [0.3, 0.4) is 0 Å². The van der Waals surface area contributed by atoms with Crippen molar-refractivity contribution in [2.75, 3.05) is 19.8 Å². The van der Waals surface area contributed by atoms with Crippen molar-refractivity contribution < 1.29 is 33.5 Å². The van der Waals surface area contributed by atoms with Crippen molar-refractivity contribution in [1.29, 1.82) is 0 Å². The highest BCUT2D eigenvalue weighted by Crippen LogP contribution is 2.33. The van der Waals surface area contributed by atoms with Crippen molar-refractivity contribution in [2.24, 2.45) is 0 Å². The first-order valence-corrected chi connectivity index (χ1v) is 14.6. The van der Waals surface area contributed by atoms with E-state index in [1.165, 1.54) is 12.1 Å². The van der Waals surface area contributed by atoms with Crippen LogP contribution < -0.4 is 14.2 Å². The summed E-state index contributed by atoms with van der Waals surface area (Å²) in [6.45, 7) is 8.82. The summed E-state index contributed by atoms with van der Waals surface area (Å²) in [4.78, 5) is 35.3. The zero-order chi connectivity index (χ0) is 31.0. The Balaban J connectivity index is 1.49. The van der Waals surface area contributed by atoms with Gasteiger partial charge in [0, 0.05) is 11.6 Å². The summed E-state index contributed by atoms with van der Waals surface area (Å²) < 4.78 is 21.9. The molecule has 0 aliphatic rings. The minimum atomic E-state index is -0.709. The first-order chi connectivity index (χ1) is 20.8. The highest BCUT2D eigenvalue weighted by atomic mass is 16.6. The van der Waals surface area contributed by atoms with Crippen LogP contribution in [0.5, 0.6) is 17.2 Å². The van der Waals surface area contributed by atoms with Crippen molar-refractivity contribution in [3.8, 4) is 28.4 Å². The lowest BCUT2D eigenvalue weighted by atomic mass is 10.0. The van der Waals surface area contributed by atoms with Crippen LogP contribution in [0.4, 0.5) is 5.69 Å². The number of esters is 2. The zero-order valence-corrected chi connectivity index (χ0v) is 24.8. The Bertz CT molecular complexity index is 1370. The summed E-state index contributed by atoms with van der Waals surface area (Å²) in [7, 11) is 0. The lowest BCUT2D eigenvalue weighted by molar-refractivity contribution is -0.385. The van der Waals surface area contributed by atoms with Gasteiger partial charge in [-0.3, -0.25) is 10.1 Å². The molecule has 0 heterocycles. The molecule has 9 heteroatoms.